The van der Waals surface area contributed by atoms with Crippen molar-refractivity contribution in [1.29, 1.82) is 0 Å². The van der Waals surface area contributed by atoms with Crippen LogP contribution in [0, 0.1) is 5.92 Å². The molecule has 0 unspecified atom stereocenters. The lowest BCUT2D eigenvalue weighted by atomic mass is 9.98. The number of piperidine rings is 1. The molecule has 1 N–H and O–H groups in total. The first kappa shape index (κ1) is 24.2. The SMILES string of the molecule is O=C(NCc1ccc(CN2CCCC2)cc1)[C@@H]1CCCN(S(=O)(=O)Cc2ccc(Cl)cc2)C1. The van der Waals surface area contributed by atoms with Gasteiger partial charge in [-0.25, -0.2) is 12.7 Å². The Labute approximate surface area is 202 Å². The van der Waals surface area contributed by atoms with E-state index in [4.69, 9.17) is 11.6 Å². The molecular weight excluding hydrogens is 458 g/mol. The van der Waals surface area contributed by atoms with E-state index >= 15 is 0 Å². The Balaban J connectivity index is 1.28. The van der Waals surface area contributed by atoms with E-state index in [1.165, 1.54) is 35.8 Å². The van der Waals surface area contributed by atoms with Crippen molar-refractivity contribution >= 4 is 27.5 Å². The lowest BCUT2D eigenvalue weighted by molar-refractivity contribution is -0.126. The fourth-order valence-electron chi connectivity index (χ4n) is 4.59. The zero-order valence-electron chi connectivity index (χ0n) is 18.9. The minimum Gasteiger partial charge on any atom is -0.352 e. The number of nitrogens with one attached hydrogen (secondary N) is 1. The minimum atomic E-state index is -3.49. The van der Waals surface area contributed by atoms with E-state index in [2.05, 4.69) is 34.5 Å². The number of likely N-dealkylation sites (tertiary alicyclic amines) is 1. The third-order valence-electron chi connectivity index (χ3n) is 6.51. The van der Waals surface area contributed by atoms with Gasteiger partial charge in [-0.15, -0.1) is 0 Å². The molecule has 4 rings (SSSR count). The summed E-state index contributed by atoms with van der Waals surface area (Å²) in [7, 11) is -3.49. The molecule has 0 saturated carbocycles. The summed E-state index contributed by atoms with van der Waals surface area (Å²) in [6, 6.07) is 15.2. The van der Waals surface area contributed by atoms with Gasteiger partial charge in [-0.1, -0.05) is 48.0 Å². The fourth-order valence-corrected chi connectivity index (χ4v) is 6.32. The molecule has 2 saturated heterocycles. The molecule has 2 aliphatic rings. The average molecular weight is 490 g/mol. The van der Waals surface area contributed by atoms with Gasteiger partial charge in [0.25, 0.3) is 0 Å². The van der Waals surface area contributed by atoms with Crippen molar-refractivity contribution in [2.45, 2.75) is 44.5 Å². The van der Waals surface area contributed by atoms with Crippen molar-refractivity contribution in [2.75, 3.05) is 26.2 Å². The van der Waals surface area contributed by atoms with Crippen LogP contribution in [-0.2, 0) is 33.7 Å². The second-order valence-corrected chi connectivity index (χ2v) is 11.5. The zero-order chi connectivity index (χ0) is 23.3. The number of hydrogen-bond acceptors (Lipinski definition) is 4. The number of hydrogen-bond donors (Lipinski definition) is 1. The number of halogens is 1. The van der Waals surface area contributed by atoms with Crippen LogP contribution < -0.4 is 5.32 Å². The molecule has 1 atom stereocenters. The molecule has 178 valence electrons. The van der Waals surface area contributed by atoms with Crippen LogP contribution in [0.5, 0.6) is 0 Å². The molecule has 8 heteroatoms. The van der Waals surface area contributed by atoms with E-state index in [1.54, 1.807) is 24.3 Å². The number of nitrogens with zero attached hydrogens (tertiary/aromatic N) is 2. The van der Waals surface area contributed by atoms with E-state index in [0.717, 1.165) is 12.1 Å². The Bertz CT molecular complexity index is 1040. The highest BCUT2D eigenvalue weighted by Gasteiger charge is 2.32. The van der Waals surface area contributed by atoms with Gasteiger partial charge in [-0.05, 0) is 67.6 Å². The molecule has 6 nitrogen and oxygen atoms in total. The quantitative estimate of drug-likeness (QED) is 0.612. The Morgan fingerprint density at radius 1 is 0.909 bits per heavy atom. The van der Waals surface area contributed by atoms with Crippen molar-refractivity contribution in [3.8, 4) is 0 Å². The van der Waals surface area contributed by atoms with E-state index in [1.807, 2.05) is 0 Å². The Kier molecular flexibility index (Phi) is 8.07. The van der Waals surface area contributed by atoms with Gasteiger partial charge in [0.1, 0.15) is 0 Å². The average Bonchev–Trinajstić information content (AvgIpc) is 3.33. The van der Waals surface area contributed by atoms with Crippen molar-refractivity contribution < 1.29 is 13.2 Å². The van der Waals surface area contributed by atoms with E-state index in [0.29, 0.717) is 36.5 Å². The summed E-state index contributed by atoms with van der Waals surface area (Å²) in [4.78, 5) is 15.2. The van der Waals surface area contributed by atoms with Crippen molar-refractivity contribution in [2.24, 2.45) is 5.92 Å². The largest absolute Gasteiger partial charge is 0.352 e. The lowest BCUT2D eigenvalue weighted by Crippen LogP contribution is -2.45. The number of benzene rings is 2. The summed E-state index contributed by atoms with van der Waals surface area (Å²) < 4.78 is 27.3. The monoisotopic (exact) mass is 489 g/mol. The van der Waals surface area contributed by atoms with Gasteiger partial charge >= 0.3 is 0 Å². The first-order chi connectivity index (χ1) is 15.9. The third kappa shape index (κ3) is 6.79. The maximum atomic E-state index is 12.9. The van der Waals surface area contributed by atoms with Gasteiger partial charge < -0.3 is 5.32 Å². The van der Waals surface area contributed by atoms with Crippen LogP contribution in [0.25, 0.3) is 0 Å². The number of carbonyl (C=O) groups is 1. The van der Waals surface area contributed by atoms with Crippen LogP contribution in [0.15, 0.2) is 48.5 Å². The third-order valence-corrected chi connectivity index (χ3v) is 8.57. The van der Waals surface area contributed by atoms with Crippen molar-refractivity contribution in [3.05, 3.63) is 70.2 Å². The first-order valence-corrected chi connectivity index (χ1v) is 13.7. The van der Waals surface area contributed by atoms with Crippen LogP contribution in [-0.4, -0.2) is 49.7 Å². The van der Waals surface area contributed by atoms with Gasteiger partial charge in [0.2, 0.25) is 15.9 Å². The molecule has 0 aromatic heterocycles. The van der Waals surface area contributed by atoms with Gasteiger partial charge in [0.05, 0.1) is 11.7 Å². The Morgan fingerprint density at radius 2 is 1.55 bits per heavy atom. The molecule has 0 aliphatic carbocycles. The van der Waals surface area contributed by atoms with Gasteiger partial charge in [-0.3, -0.25) is 9.69 Å². The summed E-state index contributed by atoms with van der Waals surface area (Å²) in [5, 5.41) is 3.58. The van der Waals surface area contributed by atoms with E-state index in [9.17, 15) is 13.2 Å². The molecule has 0 radical (unpaired) electrons. The molecule has 2 heterocycles. The van der Waals surface area contributed by atoms with Crippen molar-refractivity contribution in [1.82, 2.24) is 14.5 Å². The summed E-state index contributed by atoms with van der Waals surface area (Å²) in [6.07, 6.45) is 3.95. The Morgan fingerprint density at radius 3 is 2.24 bits per heavy atom. The highest BCUT2D eigenvalue weighted by Crippen LogP contribution is 2.22. The maximum Gasteiger partial charge on any atom is 0.224 e. The van der Waals surface area contributed by atoms with Crippen LogP contribution in [0.2, 0.25) is 5.02 Å². The van der Waals surface area contributed by atoms with Crippen LogP contribution >= 0.6 is 11.6 Å². The second-order valence-electron chi connectivity index (χ2n) is 9.10. The number of amides is 1. The molecule has 2 aromatic rings. The molecule has 0 bridgehead atoms. The molecular formula is C25H32ClN3O3S. The van der Waals surface area contributed by atoms with E-state index < -0.39 is 10.0 Å². The van der Waals surface area contributed by atoms with Gasteiger partial charge in [-0.2, -0.15) is 0 Å². The molecule has 2 aliphatic heterocycles. The normalized spacial score (nSPS) is 20.1. The summed E-state index contributed by atoms with van der Waals surface area (Å²) in [6.45, 7) is 4.47. The summed E-state index contributed by atoms with van der Waals surface area (Å²) in [5.74, 6) is -0.488. The van der Waals surface area contributed by atoms with Crippen LogP contribution in [0.3, 0.4) is 0 Å². The second kappa shape index (κ2) is 11.0. The topological polar surface area (TPSA) is 69.7 Å². The number of rotatable bonds is 8. The lowest BCUT2D eigenvalue weighted by Gasteiger charge is -2.31. The molecule has 33 heavy (non-hydrogen) atoms. The van der Waals surface area contributed by atoms with Crippen LogP contribution in [0.4, 0.5) is 0 Å². The van der Waals surface area contributed by atoms with Gasteiger partial charge in [0, 0.05) is 31.2 Å². The zero-order valence-corrected chi connectivity index (χ0v) is 20.5. The maximum absolute atomic E-state index is 12.9. The molecule has 2 aromatic carbocycles. The van der Waals surface area contributed by atoms with Gasteiger partial charge in [0.15, 0.2) is 0 Å². The van der Waals surface area contributed by atoms with Crippen LogP contribution in [0.1, 0.15) is 42.4 Å². The standard InChI is InChI=1S/C25H32ClN3O3S/c26-24-11-9-22(10-12-24)19-33(31,32)29-15-3-4-23(18-29)25(30)27-16-20-5-7-21(8-6-20)17-28-13-1-2-14-28/h5-12,23H,1-4,13-19H2,(H,27,30)/t23-/m1/s1. The highest BCUT2D eigenvalue weighted by molar-refractivity contribution is 7.88. The predicted molar refractivity (Wildman–Crippen MR) is 131 cm³/mol. The van der Waals surface area contributed by atoms with E-state index in [-0.39, 0.29) is 24.1 Å². The minimum absolute atomic E-state index is 0.0810. The van der Waals surface area contributed by atoms with Crippen molar-refractivity contribution in [3.63, 3.8) is 0 Å². The summed E-state index contributed by atoms with van der Waals surface area (Å²) in [5.41, 5.74) is 3.04. The fraction of sp³-hybridized carbons (Fsp3) is 0.480. The predicted octanol–water partition coefficient (Wildman–Crippen LogP) is 3.79. The number of sulfonamides is 1. The number of carbonyl (C=O) groups excluding carboxylic acids is 1. The molecule has 2 fully saturated rings. The smallest absolute Gasteiger partial charge is 0.224 e. The molecule has 1 amide bonds. The first-order valence-electron chi connectivity index (χ1n) is 11.7. The highest BCUT2D eigenvalue weighted by atomic mass is 35.5. The molecule has 0 spiro atoms. The summed E-state index contributed by atoms with van der Waals surface area (Å²) >= 11 is 5.90. The Hall–Kier alpha value is -1.93.